The van der Waals surface area contributed by atoms with Crippen LogP contribution in [-0.4, -0.2) is 16.0 Å². The molecule has 0 radical (unpaired) electrons. The molecule has 0 bridgehead atoms. The van der Waals surface area contributed by atoms with Gasteiger partial charge in [0.25, 0.3) is 0 Å². The van der Waals surface area contributed by atoms with E-state index in [9.17, 15) is 9.18 Å². The van der Waals surface area contributed by atoms with E-state index >= 15 is 0 Å². The molecule has 0 heterocycles. The molecule has 4 heteroatoms. The Morgan fingerprint density at radius 3 is 2.42 bits per heavy atom. The molecule has 0 amide bonds. The predicted molar refractivity (Wildman–Crippen MR) is 39.7 cm³/mol. The minimum atomic E-state index is -0.947. The summed E-state index contributed by atoms with van der Waals surface area (Å²) in [4.78, 5) is 10.7. The van der Waals surface area contributed by atoms with Crippen molar-refractivity contribution in [2.75, 3.05) is 0 Å². The summed E-state index contributed by atoms with van der Waals surface area (Å²) >= 11 is 0. The monoisotopic (exact) mass is 170 g/mol. The topological polar surface area (TPSA) is 57.5 Å². The van der Waals surface area contributed by atoms with Gasteiger partial charge in [-0.3, -0.25) is 4.79 Å². The Labute approximate surface area is 68.1 Å². The van der Waals surface area contributed by atoms with Crippen molar-refractivity contribution in [1.82, 2.24) is 0 Å². The number of Topliss-reactive ketones (excluding diaryl/α,β-unsaturated/α-hetero) is 1. The van der Waals surface area contributed by atoms with Crippen LogP contribution in [0.25, 0.3) is 0 Å². The minimum Gasteiger partial charge on any atom is -0.504 e. The molecule has 3 nitrogen and oxygen atoms in total. The molecule has 0 aliphatic heterocycles. The van der Waals surface area contributed by atoms with Crippen molar-refractivity contribution in [2.45, 2.75) is 6.92 Å². The Morgan fingerprint density at radius 2 is 1.92 bits per heavy atom. The highest BCUT2D eigenvalue weighted by Gasteiger charge is 2.13. The van der Waals surface area contributed by atoms with Gasteiger partial charge >= 0.3 is 0 Å². The fourth-order valence-corrected chi connectivity index (χ4v) is 0.839. The maximum absolute atomic E-state index is 12.5. The van der Waals surface area contributed by atoms with Crippen LogP contribution >= 0.6 is 0 Å². The summed E-state index contributed by atoms with van der Waals surface area (Å²) < 4.78 is 12.5. The van der Waals surface area contributed by atoms with E-state index in [0.29, 0.717) is 0 Å². The van der Waals surface area contributed by atoms with Crippen LogP contribution in [-0.2, 0) is 0 Å². The third kappa shape index (κ3) is 1.23. The van der Waals surface area contributed by atoms with Crippen LogP contribution in [0.15, 0.2) is 12.1 Å². The molecule has 2 N–H and O–H groups in total. The lowest BCUT2D eigenvalue weighted by molar-refractivity contribution is 0.101. The van der Waals surface area contributed by atoms with Crippen LogP contribution in [0, 0.1) is 5.82 Å². The van der Waals surface area contributed by atoms with Gasteiger partial charge < -0.3 is 10.2 Å². The first-order chi connectivity index (χ1) is 5.54. The predicted octanol–water partition coefficient (Wildman–Crippen LogP) is 1.44. The zero-order valence-corrected chi connectivity index (χ0v) is 6.34. The standard InChI is InChI=1S/C8H7FO3/c1-4(10)5-2-3-6(9)8(12)7(5)11/h2-3,11-12H,1H3. The van der Waals surface area contributed by atoms with Gasteiger partial charge in [0, 0.05) is 0 Å². The highest BCUT2D eigenvalue weighted by atomic mass is 19.1. The van der Waals surface area contributed by atoms with Gasteiger partial charge in [0.1, 0.15) is 0 Å². The zero-order chi connectivity index (χ0) is 9.30. The van der Waals surface area contributed by atoms with Crippen LogP contribution in [0.2, 0.25) is 0 Å². The van der Waals surface area contributed by atoms with Crippen LogP contribution < -0.4 is 0 Å². The Bertz CT molecular complexity index is 333. The molecule has 1 aromatic carbocycles. The van der Waals surface area contributed by atoms with Crippen LogP contribution in [0.3, 0.4) is 0 Å². The molecule has 0 spiro atoms. The molecule has 0 fully saturated rings. The van der Waals surface area contributed by atoms with E-state index in [1.807, 2.05) is 0 Å². The first-order valence-electron chi connectivity index (χ1n) is 3.25. The molecule has 1 rings (SSSR count). The maximum Gasteiger partial charge on any atom is 0.194 e. The highest BCUT2D eigenvalue weighted by molar-refractivity contribution is 5.97. The van der Waals surface area contributed by atoms with E-state index in [2.05, 4.69) is 0 Å². The third-order valence-electron chi connectivity index (χ3n) is 1.48. The second-order valence-corrected chi connectivity index (χ2v) is 2.35. The number of carbonyl (C=O) groups excluding carboxylic acids is 1. The number of aromatic hydroxyl groups is 2. The summed E-state index contributed by atoms with van der Waals surface area (Å²) in [6.45, 7) is 1.21. The summed E-state index contributed by atoms with van der Waals surface area (Å²) in [7, 11) is 0. The first-order valence-corrected chi connectivity index (χ1v) is 3.25. The number of hydrogen-bond acceptors (Lipinski definition) is 3. The number of ketones is 1. The van der Waals surface area contributed by atoms with E-state index in [4.69, 9.17) is 10.2 Å². The summed E-state index contributed by atoms with van der Waals surface area (Å²) in [5.74, 6) is -2.97. The largest absolute Gasteiger partial charge is 0.504 e. The SMILES string of the molecule is CC(=O)c1ccc(F)c(O)c1O. The average Bonchev–Trinajstić information content (AvgIpc) is 2.00. The van der Waals surface area contributed by atoms with Gasteiger partial charge in [-0.05, 0) is 19.1 Å². The van der Waals surface area contributed by atoms with Crippen molar-refractivity contribution in [2.24, 2.45) is 0 Å². The summed E-state index contributed by atoms with van der Waals surface area (Å²) in [5.41, 5.74) is -0.0890. The average molecular weight is 170 g/mol. The molecule has 64 valence electrons. The van der Waals surface area contributed by atoms with Gasteiger partial charge in [0.2, 0.25) is 0 Å². The van der Waals surface area contributed by atoms with Crippen molar-refractivity contribution in [1.29, 1.82) is 0 Å². The number of phenolic OH excluding ortho intramolecular Hbond substituents is 2. The molecular formula is C8H7FO3. The zero-order valence-electron chi connectivity index (χ0n) is 6.34. The third-order valence-corrected chi connectivity index (χ3v) is 1.48. The quantitative estimate of drug-likeness (QED) is 0.495. The summed E-state index contributed by atoms with van der Waals surface area (Å²) in [6.07, 6.45) is 0. The number of rotatable bonds is 1. The molecule has 0 saturated carbocycles. The molecule has 0 atom stereocenters. The second-order valence-electron chi connectivity index (χ2n) is 2.35. The second kappa shape index (κ2) is 2.81. The van der Waals surface area contributed by atoms with Gasteiger partial charge in [-0.1, -0.05) is 0 Å². The number of halogens is 1. The molecule has 0 saturated heterocycles. The van der Waals surface area contributed by atoms with E-state index < -0.39 is 23.1 Å². The number of hydrogen-bond donors (Lipinski definition) is 2. The molecule has 0 aromatic heterocycles. The Morgan fingerprint density at radius 1 is 1.33 bits per heavy atom. The number of carbonyl (C=O) groups is 1. The van der Waals surface area contributed by atoms with Crippen molar-refractivity contribution >= 4 is 5.78 Å². The van der Waals surface area contributed by atoms with E-state index in [0.717, 1.165) is 12.1 Å². The van der Waals surface area contributed by atoms with Crippen molar-refractivity contribution in [3.63, 3.8) is 0 Å². The lowest BCUT2D eigenvalue weighted by Crippen LogP contribution is -1.93. The van der Waals surface area contributed by atoms with E-state index in [-0.39, 0.29) is 5.56 Å². The fourth-order valence-electron chi connectivity index (χ4n) is 0.839. The van der Waals surface area contributed by atoms with Gasteiger partial charge in [-0.15, -0.1) is 0 Å². The lowest BCUT2D eigenvalue weighted by Gasteiger charge is -2.02. The normalized spacial score (nSPS) is 9.83. The molecule has 0 aliphatic carbocycles. The van der Waals surface area contributed by atoms with Crippen LogP contribution in [0.5, 0.6) is 11.5 Å². The van der Waals surface area contributed by atoms with Crippen LogP contribution in [0.1, 0.15) is 17.3 Å². The van der Waals surface area contributed by atoms with Gasteiger partial charge in [0.15, 0.2) is 23.1 Å². The fraction of sp³-hybridized carbons (Fsp3) is 0.125. The molecular weight excluding hydrogens is 163 g/mol. The molecule has 0 aliphatic rings. The Balaban J connectivity index is 3.36. The molecule has 0 unspecified atom stereocenters. The van der Waals surface area contributed by atoms with Crippen LogP contribution in [0.4, 0.5) is 4.39 Å². The molecule has 1 aromatic rings. The minimum absolute atomic E-state index is 0.0890. The maximum atomic E-state index is 12.5. The number of phenols is 2. The first kappa shape index (κ1) is 8.52. The highest BCUT2D eigenvalue weighted by Crippen LogP contribution is 2.31. The van der Waals surface area contributed by atoms with Crippen molar-refractivity contribution in [3.8, 4) is 11.5 Å². The lowest BCUT2D eigenvalue weighted by atomic mass is 10.1. The van der Waals surface area contributed by atoms with Gasteiger partial charge in [-0.2, -0.15) is 0 Å². The Hall–Kier alpha value is -1.58. The smallest absolute Gasteiger partial charge is 0.194 e. The van der Waals surface area contributed by atoms with Crippen molar-refractivity contribution in [3.05, 3.63) is 23.5 Å². The summed E-state index contributed by atoms with van der Waals surface area (Å²) in [5, 5.41) is 17.9. The van der Waals surface area contributed by atoms with Crippen molar-refractivity contribution < 1.29 is 19.4 Å². The van der Waals surface area contributed by atoms with E-state index in [1.54, 1.807) is 0 Å². The number of benzene rings is 1. The molecule has 12 heavy (non-hydrogen) atoms. The summed E-state index contributed by atoms with van der Waals surface area (Å²) in [6, 6.07) is 2.04. The van der Waals surface area contributed by atoms with Gasteiger partial charge in [-0.25, -0.2) is 4.39 Å². The van der Waals surface area contributed by atoms with E-state index in [1.165, 1.54) is 6.92 Å². The van der Waals surface area contributed by atoms with Gasteiger partial charge in [0.05, 0.1) is 5.56 Å². The Kier molecular flexibility index (Phi) is 1.99.